The van der Waals surface area contributed by atoms with Gasteiger partial charge in [-0.1, -0.05) is 73.2 Å². The van der Waals surface area contributed by atoms with E-state index in [9.17, 15) is 10.1 Å². The van der Waals surface area contributed by atoms with Crippen LogP contribution in [0.25, 0.3) is 5.57 Å². The molecule has 2 rings (SSSR count). The molecule has 0 amide bonds. The molecule has 2 aromatic rings. The molecule has 0 unspecified atom stereocenters. The highest BCUT2D eigenvalue weighted by atomic mass is 16.4. The van der Waals surface area contributed by atoms with E-state index in [0.29, 0.717) is 18.4 Å². The summed E-state index contributed by atoms with van der Waals surface area (Å²) in [6.07, 6.45) is 7.04. The van der Waals surface area contributed by atoms with Crippen molar-refractivity contribution in [1.29, 1.82) is 5.26 Å². The Kier molecular flexibility index (Phi) is 7.89. The molecule has 0 saturated heterocycles. The van der Waals surface area contributed by atoms with Crippen LogP contribution in [0, 0.1) is 11.3 Å². The second kappa shape index (κ2) is 10.7. The average Bonchev–Trinajstić information content (AvgIpc) is 2.67. The zero-order chi connectivity index (χ0) is 18.6. The summed E-state index contributed by atoms with van der Waals surface area (Å²) in [6.45, 7) is 0. The van der Waals surface area contributed by atoms with E-state index in [-0.39, 0.29) is 6.42 Å². The Balaban J connectivity index is 2.13. The van der Waals surface area contributed by atoms with Crippen molar-refractivity contribution in [3.63, 3.8) is 0 Å². The summed E-state index contributed by atoms with van der Waals surface area (Å²) in [5.41, 5.74) is 4.00. The lowest BCUT2D eigenvalue weighted by Gasteiger charge is -2.08. The fourth-order valence-electron chi connectivity index (χ4n) is 2.72. The second-order valence-corrected chi connectivity index (χ2v) is 6.07. The normalized spacial score (nSPS) is 10.8. The predicted molar refractivity (Wildman–Crippen MR) is 104 cm³/mol. The number of hydrogen-bond acceptors (Lipinski definition) is 2. The summed E-state index contributed by atoms with van der Waals surface area (Å²) in [5, 5.41) is 18.0. The van der Waals surface area contributed by atoms with E-state index in [1.54, 1.807) is 0 Å². The maximum Gasteiger partial charge on any atom is 0.303 e. The van der Waals surface area contributed by atoms with Crippen LogP contribution in [0.3, 0.4) is 0 Å². The van der Waals surface area contributed by atoms with Crippen molar-refractivity contribution >= 4 is 11.5 Å². The van der Waals surface area contributed by atoms with E-state index in [1.165, 1.54) is 0 Å². The van der Waals surface area contributed by atoms with Crippen molar-refractivity contribution in [2.24, 2.45) is 0 Å². The van der Waals surface area contributed by atoms with Crippen molar-refractivity contribution in [2.75, 3.05) is 0 Å². The first-order chi connectivity index (χ1) is 12.7. The van der Waals surface area contributed by atoms with Gasteiger partial charge in [-0.3, -0.25) is 4.79 Å². The van der Waals surface area contributed by atoms with E-state index in [2.05, 4.69) is 30.3 Å². The third-order valence-electron chi connectivity index (χ3n) is 4.10. The van der Waals surface area contributed by atoms with Crippen molar-refractivity contribution in [1.82, 2.24) is 0 Å². The lowest BCUT2D eigenvalue weighted by atomic mass is 9.97. The molecule has 0 aliphatic heterocycles. The van der Waals surface area contributed by atoms with Crippen LogP contribution in [0.4, 0.5) is 0 Å². The number of unbranched alkanes of at least 4 members (excludes halogenated alkanes) is 2. The minimum absolute atomic E-state index is 0.192. The van der Waals surface area contributed by atoms with Gasteiger partial charge in [0.1, 0.15) is 0 Å². The van der Waals surface area contributed by atoms with Crippen molar-refractivity contribution in [3.8, 4) is 6.07 Å². The Morgan fingerprint density at radius 2 is 1.38 bits per heavy atom. The smallest absolute Gasteiger partial charge is 0.303 e. The van der Waals surface area contributed by atoms with Gasteiger partial charge in [-0.15, -0.1) is 0 Å². The molecule has 3 heteroatoms. The highest BCUT2D eigenvalue weighted by molar-refractivity contribution is 5.80. The number of nitrogens with zero attached hydrogens (tertiary/aromatic N) is 1. The standard InChI is InChI=1S/C23H23NO2/c24-18-19(10-4-1-9-15-23(25)26)16-17-22(20-11-5-2-6-12-20)21-13-7-3-8-14-21/h2-3,5-8,11-14,16-17H,1,4,9-10,15H2,(H,25,26). The molecule has 26 heavy (non-hydrogen) atoms. The van der Waals surface area contributed by atoms with E-state index < -0.39 is 5.97 Å². The highest BCUT2D eigenvalue weighted by Crippen LogP contribution is 2.24. The molecule has 0 aromatic heterocycles. The summed E-state index contributed by atoms with van der Waals surface area (Å²) in [6, 6.07) is 22.5. The van der Waals surface area contributed by atoms with Crippen LogP contribution in [-0.2, 0) is 4.79 Å². The Morgan fingerprint density at radius 1 is 0.846 bits per heavy atom. The molecule has 0 spiro atoms. The zero-order valence-corrected chi connectivity index (χ0v) is 14.8. The zero-order valence-electron chi connectivity index (χ0n) is 14.8. The molecule has 0 aliphatic carbocycles. The van der Waals surface area contributed by atoms with E-state index in [1.807, 2.05) is 48.6 Å². The summed E-state index contributed by atoms with van der Waals surface area (Å²) in [7, 11) is 0. The van der Waals surface area contributed by atoms with Gasteiger partial charge in [-0.2, -0.15) is 5.26 Å². The molecule has 0 atom stereocenters. The quantitative estimate of drug-likeness (QED) is 0.365. The number of nitriles is 1. The summed E-state index contributed by atoms with van der Waals surface area (Å²) in [4.78, 5) is 10.5. The number of hydrogen-bond donors (Lipinski definition) is 1. The number of carboxylic acids is 1. The van der Waals surface area contributed by atoms with Gasteiger partial charge in [0.2, 0.25) is 0 Å². The third kappa shape index (κ3) is 6.41. The average molecular weight is 345 g/mol. The van der Waals surface area contributed by atoms with Gasteiger partial charge in [-0.25, -0.2) is 0 Å². The van der Waals surface area contributed by atoms with Crippen LogP contribution in [0.2, 0.25) is 0 Å². The minimum Gasteiger partial charge on any atom is -0.481 e. The van der Waals surface area contributed by atoms with E-state index in [0.717, 1.165) is 29.5 Å². The van der Waals surface area contributed by atoms with E-state index in [4.69, 9.17) is 5.11 Å². The number of aliphatic carboxylic acids is 1. The topological polar surface area (TPSA) is 61.1 Å². The largest absolute Gasteiger partial charge is 0.481 e. The number of benzene rings is 2. The summed E-state index contributed by atoms with van der Waals surface area (Å²) < 4.78 is 0. The fraction of sp³-hybridized carbons (Fsp3) is 0.217. The first-order valence-corrected chi connectivity index (χ1v) is 8.84. The first-order valence-electron chi connectivity index (χ1n) is 8.84. The molecule has 2 aromatic carbocycles. The van der Waals surface area contributed by atoms with Gasteiger partial charge in [-0.05, 0) is 42.0 Å². The number of rotatable bonds is 9. The molecular formula is C23H23NO2. The predicted octanol–water partition coefficient (Wildman–Crippen LogP) is 5.60. The maximum atomic E-state index is 10.5. The summed E-state index contributed by atoms with van der Waals surface area (Å²) >= 11 is 0. The molecule has 0 aliphatic rings. The van der Waals surface area contributed by atoms with Crippen LogP contribution < -0.4 is 0 Å². The van der Waals surface area contributed by atoms with Gasteiger partial charge in [0, 0.05) is 12.0 Å². The van der Waals surface area contributed by atoms with Gasteiger partial charge in [0.05, 0.1) is 6.07 Å². The molecule has 0 radical (unpaired) electrons. The van der Waals surface area contributed by atoms with Crippen LogP contribution in [0.5, 0.6) is 0 Å². The van der Waals surface area contributed by atoms with Crippen LogP contribution in [0.15, 0.2) is 78.4 Å². The monoisotopic (exact) mass is 345 g/mol. The Bertz CT molecular complexity index is 758. The van der Waals surface area contributed by atoms with Gasteiger partial charge < -0.3 is 5.11 Å². The van der Waals surface area contributed by atoms with E-state index >= 15 is 0 Å². The highest BCUT2D eigenvalue weighted by Gasteiger charge is 2.04. The lowest BCUT2D eigenvalue weighted by molar-refractivity contribution is -0.137. The van der Waals surface area contributed by atoms with Crippen LogP contribution in [-0.4, -0.2) is 11.1 Å². The molecule has 0 fully saturated rings. The molecule has 0 bridgehead atoms. The van der Waals surface area contributed by atoms with Gasteiger partial charge in [0.25, 0.3) is 0 Å². The van der Waals surface area contributed by atoms with Crippen LogP contribution >= 0.6 is 0 Å². The Morgan fingerprint density at radius 3 is 1.88 bits per heavy atom. The molecule has 0 saturated carbocycles. The first kappa shape index (κ1) is 19.2. The number of carboxylic acid groups (broad SMARTS) is 1. The Hall–Kier alpha value is -3.12. The van der Waals surface area contributed by atoms with Crippen LogP contribution in [0.1, 0.15) is 43.2 Å². The maximum absolute atomic E-state index is 10.5. The van der Waals surface area contributed by atoms with Crippen molar-refractivity contribution < 1.29 is 9.90 Å². The third-order valence-corrected chi connectivity index (χ3v) is 4.10. The fourth-order valence-corrected chi connectivity index (χ4v) is 2.72. The Labute approximate surface area is 154 Å². The van der Waals surface area contributed by atoms with Gasteiger partial charge >= 0.3 is 5.97 Å². The summed E-state index contributed by atoms with van der Waals surface area (Å²) in [5.74, 6) is -0.764. The van der Waals surface area contributed by atoms with Crippen molar-refractivity contribution in [2.45, 2.75) is 32.1 Å². The minimum atomic E-state index is -0.764. The molecule has 3 nitrogen and oxygen atoms in total. The second-order valence-electron chi connectivity index (χ2n) is 6.07. The van der Waals surface area contributed by atoms with Crippen molar-refractivity contribution in [3.05, 3.63) is 89.5 Å². The molecule has 1 N–H and O–H groups in total. The number of carbonyl (C=O) groups is 1. The number of allylic oxidation sites excluding steroid dienone is 3. The van der Waals surface area contributed by atoms with Gasteiger partial charge in [0.15, 0.2) is 0 Å². The molecule has 132 valence electrons. The lowest BCUT2D eigenvalue weighted by Crippen LogP contribution is -1.93. The SMILES string of the molecule is N#CC(=CC=C(c1ccccc1)c1ccccc1)CCCCCC(=O)O. The molecular weight excluding hydrogens is 322 g/mol. The molecule has 0 heterocycles.